The Hall–Kier alpha value is -4.19. The Kier molecular flexibility index (Phi) is 6.66. The monoisotopic (exact) mass is 495 g/mol. The highest BCUT2D eigenvalue weighted by atomic mass is 19.1. The zero-order chi connectivity index (χ0) is 26.1. The van der Waals surface area contributed by atoms with E-state index in [-0.39, 0.29) is 17.4 Å². The number of dihydropyridines is 1. The minimum absolute atomic E-state index is 0.0213. The molecule has 0 saturated heterocycles. The van der Waals surface area contributed by atoms with Gasteiger partial charge in [-0.05, 0) is 54.7 Å². The summed E-state index contributed by atoms with van der Waals surface area (Å²) in [4.78, 5) is 29.4. The molecular formula is C31H30FN3O2. The van der Waals surface area contributed by atoms with Gasteiger partial charge >= 0.3 is 0 Å². The average Bonchev–Trinajstić information content (AvgIpc) is 2.89. The fourth-order valence-corrected chi connectivity index (χ4v) is 5.35. The number of nitrogens with one attached hydrogen (secondary N) is 2. The van der Waals surface area contributed by atoms with E-state index >= 15 is 0 Å². The van der Waals surface area contributed by atoms with Gasteiger partial charge < -0.3 is 15.5 Å². The highest BCUT2D eigenvalue weighted by molar-refractivity contribution is 6.10. The topological polar surface area (TPSA) is 61.4 Å². The molecule has 1 heterocycles. The summed E-state index contributed by atoms with van der Waals surface area (Å²) < 4.78 is 14.4. The van der Waals surface area contributed by atoms with E-state index in [0.29, 0.717) is 29.7 Å². The Labute approximate surface area is 216 Å². The molecule has 0 saturated carbocycles. The van der Waals surface area contributed by atoms with E-state index in [2.05, 4.69) is 22.8 Å². The molecular weight excluding hydrogens is 465 g/mol. The number of Topliss-reactive ketones (excluding diaryl/α,β-unsaturated/α-hetero) is 1. The summed E-state index contributed by atoms with van der Waals surface area (Å²) in [6.45, 7) is 1.85. The molecule has 5 rings (SSSR count). The summed E-state index contributed by atoms with van der Waals surface area (Å²) in [6, 6.07) is 24.1. The lowest BCUT2D eigenvalue weighted by Gasteiger charge is -2.37. The van der Waals surface area contributed by atoms with Crippen LogP contribution in [0.4, 0.5) is 15.8 Å². The van der Waals surface area contributed by atoms with Gasteiger partial charge in [-0.1, -0.05) is 54.6 Å². The zero-order valence-corrected chi connectivity index (χ0v) is 21.2. The molecule has 0 bridgehead atoms. The Balaban J connectivity index is 1.57. The number of halogens is 1. The van der Waals surface area contributed by atoms with Crippen molar-refractivity contribution in [1.82, 2.24) is 5.32 Å². The van der Waals surface area contributed by atoms with Crippen molar-refractivity contribution in [2.24, 2.45) is 0 Å². The third-order valence-electron chi connectivity index (χ3n) is 7.21. The fraction of sp³-hybridized carbons (Fsp3) is 0.226. The summed E-state index contributed by atoms with van der Waals surface area (Å²) in [5, 5.41) is 6.12. The molecule has 2 N–H and O–H groups in total. The zero-order valence-electron chi connectivity index (χ0n) is 21.2. The van der Waals surface area contributed by atoms with Crippen LogP contribution in [-0.2, 0) is 9.59 Å². The molecule has 1 amide bonds. The molecule has 0 spiro atoms. The number of ketones is 1. The molecule has 2 aliphatic rings. The third-order valence-corrected chi connectivity index (χ3v) is 7.21. The number of benzene rings is 3. The largest absolute Gasteiger partial charge is 0.378 e. The minimum Gasteiger partial charge on any atom is -0.378 e. The maximum absolute atomic E-state index is 14.4. The van der Waals surface area contributed by atoms with Crippen molar-refractivity contribution in [3.63, 3.8) is 0 Å². The normalized spacial score (nSPS) is 19.3. The van der Waals surface area contributed by atoms with Crippen LogP contribution in [0.15, 0.2) is 101 Å². The molecule has 1 aliphatic carbocycles. The SMILES string of the molecule is CC1=C(C(=O)Nc2ccccc2F)[C@H](c2ccc(N(C)C)cc2)C2=C(C[C@H](c3ccccc3)CC2=O)N1. The van der Waals surface area contributed by atoms with Gasteiger partial charge in [0.05, 0.1) is 5.69 Å². The van der Waals surface area contributed by atoms with Gasteiger partial charge in [-0.2, -0.15) is 0 Å². The van der Waals surface area contributed by atoms with Crippen molar-refractivity contribution in [1.29, 1.82) is 0 Å². The standard InChI is InChI=1S/C31H30FN3O2/c1-19-28(31(37)34-25-12-8-7-11-24(25)32)29(21-13-15-23(16-14-21)35(2)3)30-26(33-19)17-22(18-27(30)36)20-9-5-4-6-10-20/h4-16,22,29,33H,17-18H2,1-3H3,(H,34,37)/t22-,29-/m0/s1. The van der Waals surface area contributed by atoms with Gasteiger partial charge in [0.2, 0.25) is 0 Å². The number of amides is 1. The van der Waals surface area contributed by atoms with E-state index < -0.39 is 17.6 Å². The Bertz CT molecular complexity index is 1410. The molecule has 5 nitrogen and oxygen atoms in total. The number of hydrogen-bond donors (Lipinski definition) is 2. The van der Waals surface area contributed by atoms with E-state index in [4.69, 9.17) is 0 Å². The van der Waals surface area contributed by atoms with E-state index in [1.165, 1.54) is 12.1 Å². The molecule has 1 aliphatic heterocycles. The van der Waals surface area contributed by atoms with Crippen LogP contribution < -0.4 is 15.5 Å². The molecule has 0 radical (unpaired) electrons. The van der Waals surface area contributed by atoms with E-state index in [1.807, 2.05) is 68.4 Å². The molecule has 2 atom stereocenters. The lowest BCUT2D eigenvalue weighted by Crippen LogP contribution is -2.37. The highest BCUT2D eigenvalue weighted by Gasteiger charge is 2.41. The maximum Gasteiger partial charge on any atom is 0.254 e. The number of nitrogens with zero attached hydrogens (tertiary/aromatic N) is 1. The number of allylic oxidation sites excluding steroid dienone is 3. The lowest BCUT2D eigenvalue weighted by molar-refractivity contribution is -0.116. The number of hydrogen-bond acceptors (Lipinski definition) is 4. The quantitative estimate of drug-likeness (QED) is 0.463. The summed E-state index contributed by atoms with van der Waals surface area (Å²) in [6.07, 6.45) is 1.05. The molecule has 0 unspecified atom stereocenters. The maximum atomic E-state index is 14.4. The molecule has 37 heavy (non-hydrogen) atoms. The van der Waals surface area contributed by atoms with Crippen LogP contribution in [-0.4, -0.2) is 25.8 Å². The fourth-order valence-electron chi connectivity index (χ4n) is 5.35. The second-order valence-electron chi connectivity index (χ2n) is 9.85. The highest BCUT2D eigenvalue weighted by Crippen LogP contribution is 2.45. The molecule has 6 heteroatoms. The van der Waals surface area contributed by atoms with Crippen molar-refractivity contribution in [2.75, 3.05) is 24.3 Å². The van der Waals surface area contributed by atoms with Gasteiger partial charge in [-0.3, -0.25) is 9.59 Å². The van der Waals surface area contributed by atoms with Crippen LogP contribution in [0.1, 0.15) is 42.7 Å². The van der Waals surface area contributed by atoms with Gasteiger partial charge in [0.15, 0.2) is 5.78 Å². The Morgan fingerprint density at radius 2 is 1.59 bits per heavy atom. The first-order valence-corrected chi connectivity index (χ1v) is 12.5. The van der Waals surface area contributed by atoms with Crippen LogP contribution in [0, 0.1) is 5.82 Å². The molecule has 3 aromatic rings. The van der Waals surface area contributed by atoms with Crippen molar-refractivity contribution >= 4 is 23.1 Å². The van der Waals surface area contributed by atoms with Crippen LogP contribution in [0.3, 0.4) is 0 Å². The van der Waals surface area contributed by atoms with Crippen LogP contribution in [0.5, 0.6) is 0 Å². The summed E-state index contributed by atoms with van der Waals surface area (Å²) in [7, 11) is 3.93. The van der Waals surface area contributed by atoms with Gasteiger partial charge in [0, 0.05) is 54.7 Å². The van der Waals surface area contributed by atoms with Crippen molar-refractivity contribution in [3.8, 4) is 0 Å². The van der Waals surface area contributed by atoms with E-state index in [1.54, 1.807) is 12.1 Å². The number of rotatable bonds is 5. The summed E-state index contributed by atoms with van der Waals surface area (Å²) >= 11 is 0. The first kappa shape index (κ1) is 24.5. The second-order valence-corrected chi connectivity index (χ2v) is 9.85. The van der Waals surface area contributed by atoms with E-state index in [0.717, 1.165) is 22.5 Å². The van der Waals surface area contributed by atoms with Crippen LogP contribution >= 0.6 is 0 Å². The first-order chi connectivity index (χ1) is 17.8. The Morgan fingerprint density at radius 1 is 0.919 bits per heavy atom. The van der Waals surface area contributed by atoms with Crippen molar-refractivity contribution in [3.05, 3.63) is 118 Å². The number of carbonyl (C=O) groups is 2. The third kappa shape index (κ3) is 4.79. The summed E-state index contributed by atoms with van der Waals surface area (Å²) in [5.74, 6) is -1.40. The van der Waals surface area contributed by atoms with Crippen molar-refractivity contribution < 1.29 is 14.0 Å². The van der Waals surface area contributed by atoms with Gasteiger partial charge in [-0.25, -0.2) is 4.39 Å². The Morgan fingerprint density at radius 3 is 2.27 bits per heavy atom. The lowest BCUT2D eigenvalue weighted by atomic mass is 9.71. The minimum atomic E-state index is -0.552. The smallest absolute Gasteiger partial charge is 0.254 e. The number of carbonyl (C=O) groups excluding carboxylic acids is 2. The molecule has 188 valence electrons. The van der Waals surface area contributed by atoms with Gasteiger partial charge in [-0.15, -0.1) is 0 Å². The second kappa shape index (κ2) is 10.1. The summed E-state index contributed by atoms with van der Waals surface area (Å²) in [5.41, 5.74) is 5.66. The molecule has 0 fully saturated rings. The number of anilines is 2. The first-order valence-electron chi connectivity index (χ1n) is 12.5. The van der Waals surface area contributed by atoms with Crippen molar-refractivity contribution in [2.45, 2.75) is 31.6 Å². The van der Waals surface area contributed by atoms with Gasteiger partial charge in [0.1, 0.15) is 5.82 Å². The van der Waals surface area contributed by atoms with Crippen LogP contribution in [0.2, 0.25) is 0 Å². The average molecular weight is 496 g/mol. The predicted molar refractivity (Wildman–Crippen MR) is 145 cm³/mol. The van der Waals surface area contributed by atoms with Crippen LogP contribution in [0.25, 0.3) is 0 Å². The molecule has 0 aromatic heterocycles. The number of para-hydroxylation sites is 1. The molecule has 3 aromatic carbocycles. The predicted octanol–water partition coefficient (Wildman–Crippen LogP) is 5.89. The van der Waals surface area contributed by atoms with E-state index in [9.17, 15) is 14.0 Å². The van der Waals surface area contributed by atoms with Gasteiger partial charge in [0.25, 0.3) is 5.91 Å².